The summed E-state index contributed by atoms with van der Waals surface area (Å²) in [5, 5.41) is 5.78. The van der Waals surface area contributed by atoms with Gasteiger partial charge in [0.25, 0.3) is 11.8 Å². The predicted molar refractivity (Wildman–Crippen MR) is 113 cm³/mol. The number of nitrogens with one attached hydrogen (secondary N) is 2. The summed E-state index contributed by atoms with van der Waals surface area (Å²) in [5.41, 5.74) is 1.34. The number of carbonyl (C=O) groups excluding carboxylic acids is 4. The molecule has 2 N–H and O–H groups in total. The molecule has 0 bridgehead atoms. The molecule has 2 rings (SSSR count). The molecule has 0 spiro atoms. The molecule has 0 saturated heterocycles. The zero-order valence-corrected chi connectivity index (χ0v) is 18.2. The van der Waals surface area contributed by atoms with Crippen molar-refractivity contribution in [3.05, 3.63) is 50.9 Å². The fourth-order valence-corrected chi connectivity index (χ4v) is 3.57. The maximum atomic E-state index is 12.1. The van der Waals surface area contributed by atoms with E-state index in [2.05, 4.69) is 10.6 Å². The Morgan fingerprint density at radius 3 is 2.37 bits per heavy atom. The van der Waals surface area contributed by atoms with Crippen molar-refractivity contribution in [2.24, 2.45) is 0 Å². The van der Waals surface area contributed by atoms with E-state index < -0.39 is 36.9 Å². The van der Waals surface area contributed by atoms with E-state index in [0.29, 0.717) is 15.6 Å². The molecule has 0 aliphatic rings. The molecule has 1 heterocycles. The summed E-state index contributed by atoms with van der Waals surface area (Å²) in [7, 11) is 0. The van der Waals surface area contributed by atoms with E-state index in [0.717, 1.165) is 10.4 Å². The van der Waals surface area contributed by atoms with Crippen LogP contribution in [0.15, 0.2) is 24.3 Å². The number of esters is 2. The first-order valence-corrected chi connectivity index (χ1v) is 10.2. The molecule has 0 radical (unpaired) electrons. The van der Waals surface area contributed by atoms with E-state index in [1.54, 1.807) is 26.0 Å². The Labute approximate surface area is 182 Å². The maximum Gasteiger partial charge on any atom is 0.341 e. The van der Waals surface area contributed by atoms with Crippen molar-refractivity contribution < 1.29 is 28.7 Å². The highest BCUT2D eigenvalue weighted by Gasteiger charge is 2.22. The number of rotatable bonds is 8. The fraction of sp³-hybridized carbons (Fsp3) is 0.300. The molecule has 2 amide bonds. The zero-order chi connectivity index (χ0) is 22.3. The van der Waals surface area contributed by atoms with E-state index in [9.17, 15) is 19.2 Å². The lowest BCUT2D eigenvalue weighted by Crippen LogP contribution is -2.32. The fourth-order valence-electron chi connectivity index (χ4n) is 2.38. The van der Waals surface area contributed by atoms with Gasteiger partial charge in [0, 0.05) is 15.5 Å². The third-order valence-electron chi connectivity index (χ3n) is 3.98. The Morgan fingerprint density at radius 1 is 1.07 bits per heavy atom. The molecule has 0 saturated carbocycles. The molecule has 10 heteroatoms. The predicted octanol–water partition coefficient (Wildman–Crippen LogP) is 3.11. The summed E-state index contributed by atoms with van der Waals surface area (Å²) >= 11 is 6.99. The lowest BCUT2D eigenvalue weighted by molar-refractivity contribution is -0.146. The van der Waals surface area contributed by atoms with Crippen LogP contribution in [0.3, 0.4) is 0 Å². The topological polar surface area (TPSA) is 111 Å². The largest absolute Gasteiger partial charge is 0.462 e. The van der Waals surface area contributed by atoms with E-state index in [-0.39, 0.29) is 12.2 Å². The van der Waals surface area contributed by atoms with E-state index in [1.165, 1.54) is 23.5 Å². The van der Waals surface area contributed by atoms with Crippen LogP contribution in [0.1, 0.15) is 38.1 Å². The molecule has 0 aliphatic carbocycles. The lowest BCUT2D eigenvalue weighted by Gasteiger charge is -2.08. The number of hydrogen-bond acceptors (Lipinski definition) is 7. The SMILES string of the molecule is CCOC(=O)c1c(NC(=O)COC(=O)CNC(=O)c2ccc(Cl)cc2)sc(C)c1C. The first kappa shape index (κ1) is 23.4. The second kappa shape index (κ2) is 10.7. The number of aryl methyl sites for hydroxylation is 1. The van der Waals surface area contributed by atoms with Gasteiger partial charge in [-0.1, -0.05) is 11.6 Å². The molecule has 0 atom stereocenters. The molecule has 2 aromatic rings. The van der Waals surface area contributed by atoms with Gasteiger partial charge in [-0.15, -0.1) is 11.3 Å². The molecule has 1 aromatic heterocycles. The summed E-state index contributed by atoms with van der Waals surface area (Å²) in [5.74, 6) is -2.40. The number of ether oxygens (including phenoxy) is 2. The van der Waals surface area contributed by atoms with Crippen LogP contribution in [0.4, 0.5) is 5.00 Å². The number of carbonyl (C=O) groups is 4. The standard InChI is InChI=1S/C20H21ClN2O6S/c1-4-28-20(27)17-11(2)12(3)30-19(17)23-15(24)10-29-16(25)9-22-18(26)13-5-7-14(21)8-6-13/h5-8H,4,9-10H2,1-3H3,(H,22,26)(H,23,24). The third kappa shape index (κ3) is 6.30. The first-order valence-electron chi connectivity index (χ1n) is 8.99. The summed E-state index contributed by atoms with van der Waals surface area (Å²) in [6.07, 6.45) is 0. The van der Waals surface area contributed by atoms with Gasteiger partial charge >= 0.3 is 11.9 Å². The first-order chi connectivity index (χ1) is 14.2. The maximum absolute atomic E-state index is 12.1. The van der Waals surface area contributed by atoms with Gasteiger partial charge in [-0.05, 0) is 50.6 Å². The number of amides is 2. The van der Waals surface area contributed by atoms with Crippen LogP contribution in [0.25, 0.3) is 0 Å². The minimum atomic E-state index is -0.781. The Balaban J connectivity index is 1.85. The van der Waals surface area contributed by atoms with Gasteiger partial charge in [-0.3, -0.25) is 14.4 Å². The van der Waals surface area contributed by atoms with Crippen molar-refractivity contribution in [2.75, 3.05) is 25.1 Å². The lowest BCUT2D eigenvalue weighted by atomic mass is 10.1. The van der Waals surface area contributed by atoms with Gasteiger partial charge in [0.05, 0.1) is 12.2 Å². The average molecular weight is 453 g/mol. The molecular formula is C20H21ClN2O6S. The highest BCUT2D eigenvalue weighted by Crippen LogP contribution is 2.33. The summed E-state index contributed by atoms with van der Waals surface area (Å²) in [6.45, 7) is 4.52. The van der Waals surface area contributed by atoms with Crippen LogP contribution in [-0.2, 0) is 19.1 Å². The third-order valence-corrected chi connectivity index (χ3v) is 5.36. The molecule has 8 nitrogen and oxygen atoms in total. The minimum Gasteiger partial charge on any atom is -0.462 e. The van der Waals surface area contributed by atoms with Crippen LogP contribution in [0.5, 0.6) is 0 Å². The second-order valence-corrected chi connectivity index (χ2v) is 7.77. The molecule has 0 aliphatic heterocycles. The van der Waals surface area contributed by atoms with Crippen molar-refractivity contribution in [3.8, 4) is 0 Å². The van der Waals surface area contributed by atoms with Crippen LogP contribution in [0.2, 0.25) is 5.02 Å². The van der Waals surface area contributed by atoms with Crippen molar-refractivity contribution in [1.82, 2.24) is 5.32 Å². The quantitative estimate of drug-likeness (QED) is 0.595. The van der Waals surface area contributed by atoms with Gasteiger partial charge in [-0.2, -0.15) is 0 Å². The van der Waals surface area contributed by atoms with Crippen LogP contribution in [0, 0.1) is 13.8 Å². The molecule has 1 aromatic carbocycles. The zero-order valence-electron chi connectivity index (χ0n) is 16.7. The van der Waals surface area contributed by atoms with Gasteiger partial charge in [-0.25, -0.2) is 4.79 Å². The van der Waals surface area contributed by atoms with Gasteiger partial charge in [0.1, 0.15) is 11.5 Å². The van der Waals surface area contributed by atoms with Gasteiger partial charge in [0.2, 0.25) is 0 Å². The van der Waals surface area contributed by atoms with Crippen molar-refractivity contribution in [1.29, 1.82) is 0 Å². The van der Waals surface area contributed by atoms with Gasteiger partial charge in [0.15, 0.2) is 6.61 Å². The number of benzene rings is 1. The number of thiophene rings is 1. The van der Waals surface area contributed by atoms with Crippen LogP contribution >= 0.6 is 22.9 Å². The van der Waals surface area contributed by atoms with Crippen molar-refractivity contribution >= 4 is 51.7 Å². The molecule has 160 valence electrons. The monoisotopic (exact) mass is 452 g/mol. The Kier molecular flexibility index (Phi) is 8.37. The summed E-state index contributed by atoms with van der Waals surface area (Å²) in [4.78, 5) is 48.9. The minimum absolute atomic E-state index is 0.208. The Morgan fingerprint density at radius 2 is 1.73 bits per heavy atom. The van der Waals surface area contributed by atoms with Crippen LogP contribution < -0.4 is 10.6 Å². The summed E-state index contributed by atoms with van der Waals surface area (Å²) in [6, 6.07) is 6.14. The number of hydrogen-bond donors (Lipinski definition) is 2. The van der Waals surface area contributed by atoms with E-state index in [1.807, 2.05) is 6.92 Å². The highest BCUT2D eigenvalue weighted by atomic mass is 35.5. The Bertz CT molecular complexity index is 955. The summed E-state index contributed by atoms with van der Waals surface area (Å²) < 4.78 is 9.89. The highest BCUT2D eigenvalue weighted by molar-refractivity contribution is 7.16. The Hall–Kier alpha value is -2.91. The van der Waals surface area contributed by atoms with Crippen molar-refractivity contribution in [2.45, 2.75) is 20.8 Å². The van der Waals surface area contributed by atoms with Gasteiger partial charge < -0.3 is 20.1 Å². The normalized spacial score (nSPS) is 10.3. The molecule has 30 heavy (non-hydrogen) atoms. The van der Waals surface area contributed by atoms with E-state index in [4.69, 9.17) is 21.1 Å². The smallest absolute Gasteiger partial charge is 0.341 e. The number of halogens is 1. The van der Waals surface area contributed by atoms with E-state index >= 15 is 0 Å². The number of anilines is 1. The second-order valence-electron chi connectivity index (χ2n) is 6.11. The average Bonchev–Trinajstić information content (AvgIpc) is 2.98. The molecular weight excluding hydrogens is 432 g/mol. The molecule has 0 fully saturated rings. The van der Waals surface area contributed by atoms with Crippen LogP contribution in [-0.4, -0.2) is 43.5 Å². The van der Waals surface area contributed by atoms with Crippen molar-refractivity contribution in [3.63, 3.8) is 0 Å². The molecule has 0 unspecified atom stereocenters.